The van der Waals surface area contributed by atoms with E-state index in [4.69, 9.17) is 0 Å². The highest BCUT2D eigenvalue weighted by atomic mass is 32.2. The smallest absolute Gasteiger partial charge is 0.261 e. The molecule has 0 bridgehead atoms. The van der Waals surface area contributed by atoms with E-state index in [0.29, 0.717) is 29.1 Å². The predicted molar refractivity (Wildman–Crippen MR) is 134 cm³/mol. The van der Waals surface area contributed by atoms with Crippen molar-refractivity contribution in [2.75, 3.05) is 17.6 Å². The molecule has 3 aromatic heterocycles. The number of carbonyl (C=O) groups is 1. The summed E-state index contributed by atoms with van der Waals surface area (Å²) in [6, 6.07) is 7.41. The molecule has 1 aromatic carbocycles. The lowest BCUT2D eigenvalue weighted by molar-refractivity contribution is -0.121. The molecule has 34 heavy (non-hydrogen) atoms. The summed E-state index contributed by atoms with van der Waals surface area (Å²) < 4.78 is 3.25. The Morgan fingerprint density at radius 3 is 2.76 bits per heavy atom. The fraction of sp³-hybridized carbons (Fsp3) is 0.391. The first kappa shape index (κ1) is 23.7. The zero-order valence-electron chi connectivity index (χ0n) is 19.5. The Kier molecular flexibility index (Phi) is 7.41. The third-order valence-corrected chi connectivity index (χ3v) is 5.86. The van der Waals surface area contributed by atoms with Crippen LogP contribution in [0.4, 0.5) is 5.82 Å². The third-order valence-electron chi connectivity index (χ3n) is 5.13. The van der Waals surface area contributed by atoms with E-state index in [1.165, 1.54) is 10.9 Å². The predicted octanol–water partition coefficient (Wildman–Crippen LogP) is 2.67. The number of carbonyl (C=O) groups excluding carboxylic acids is 1. The summed E-state index contributed by atoms with van der Waals surface area (Å²) in [4.78, 5) is 38.5. The molecule has 3 heterocycles. The van der Waals surface area contributed by atoms with Gasteiger partial charge in [0.05, 0.1) is 35.4 Å². The molecule has 4 rings (SSSR count). The molecule has 178 valence electrons. The van der Waals surface area contributed by atoms with Crippen LogP contribution in [0.15, 0.2) is 46.7 Å². The van der Waals surface area contributed by atoms with Gasteiger partial charge in [0.15, 0.2) is 10.8 Å². The van der Waals surface area contributed by atoms with Crippen LogP contribution in [0.1, 0.15) is 27.2 Å². The van der Waals surface area contributed by atoms with Gasteiger partial charge in [0.2, 0.25) is 5.91 Å². The lowest BCUT2D eigenvalue weighted by atomic mass is 10.2. The van der Waals surface area contributed by atoms with Crippen molar-refractivity contribution in [3.05, 3.63) is 47.1 Å². The standard InChI is InChI=1S/C23H28N8O2S/c1-4-34-23-28-20(27-15(2)3)17-13-26-31(21(17)29-23)12-10-24-19(32)9-11-30-14-25-18-8-6-5-7-16(18)22(30)33/h5-8,13-15H,4,9-12H2,1-3H3,(H,24,32)(H,27,28,29). The second-order valence-electron chi connectivity index (χ2n) is 8.05. The van der Waals surface area contributed by atoms with Gasteiger partial charge in [0.1, 0.15) is 5.82 Å². The van der Waals surface area contributed by atoms with Crippen LogP contribution in [-0.2, 0) is 17.9 Å². The molecule has 0 saturated carbocycles. The SMILES string of the molecule is CCSc1nc(NC(C)C)c2cnn(CCNC(=O)CCn3cnc4ccccc4c3=O)c2n1. The largest absolute Gasteiger partial charge is 0.367 e. The van der Waals surface area contributed by atoms with E-state index in [1.807, 2.05) is 6.07 Å². The van der Waals surface area contributed by atoms with E-state index in [1.54, 1.807) is 40.8 Å². The van der Waals surface area contributed by atoms with Gasteiger partial charge in [0, 0.05) is 25.6 Å². The number of thioether (sulfide) groups is 1. The van der Waals surface area contributed by atoms with Crippen LogP contribution in [0.25, 0.3) is 21.9 Å². The minimum atomic E-state index is -0.146. The molecule has 0 saturated heterocycles. The van der Waals surface area contributed by atoms with E-state index in [2.05, 4.69) is 51.5 Å². The maximum atomic E-state index is 12.6. The number of benzene rings is 1. The summed E-state index contributed by atoms with van der Waals surface area (Å²) in [6.07, 6.45) is 3.42. The summed E-state index contributed by atoms with van der Waals surface area (Å²) >= 11 is 1.57. The molecule has 11 heteroatoms. The number of nitrogens with one attached hydrogen (secondary N) is 2. The first-order valence-corrected chi connectivity index (χ1v) is 12.3. The quantitative estimate of drug-likeness (QED) is 0.263. The highest BCUT2D eigenvalue weighted by molar-refractivity contribution is 7.99. The highest BCUT2D eigenvalue weighted by Gasteiger charge is 2.14. The minimum Gasteiger partial charge on any atom is -0.367 e. The molecular formula is C23H28N8O2S. The molecule has 0 spiro atoms. The average molecular weight is 481 g/mol. The van der Waals surface area contributed by atoms with Gasteiger partial charge in [-0.2, -0.15) is 5.10 Å². The number of fused-ring (bicyclic) bond motifs is 2. The van der Waals surface area contributed by atoms with Gasteiger partial charge in [-0.3, -0.25) is 14.2 Å². The number of aryl methyl sites for hydroxylation is 1. The molecule has 10 nitrogen and oxygen atoms in total. The third kappa shape index (κ3) is 5.36. The Labute approximate surface area is 201 Å². The van der Waals surface area contributed by atoms with Crippen LogP contribution in [-0.4, -0.2) is 53.5 Å². The van der Waals surface area contributed by atoms with Gasteiger partial charge in [-0.05, 0) is 31.7 Å². The fourth-order valence-corrected chi connectivity index (χ4v) is 4.12. The molecular weight excluding hydrogens is 452 g/mol. The molecule has 0 unspecified atom stereocenters. The summed E-state index contributed by atoms with van der Waals surface area (Å²) in [7, 11) is 0. The van der Waals surface area contributed by atoms with Crippen molar-refractivity contribution in [3.8, 4) is 0 Å². The Hall–Kier alpha value is -3.47. The lowest BCUT2D eigenvalue weighted by Gasteiger charge is -2.12. The summed E-state index contributed by atoms with van der Waals surface area (Å²) in [5.74, 6) is 1.49. The Morgan fingerprint density at radius 1 is 1.15 bits per heavy atom. The summed E-state index contributed by atoms with van der Waals surface area (Å²) in [5.41, 5.74) is 1.24. The van der Waals surface area contributed by atoms with Crippen LogP contribution < -0.4 is 16.2 Å². The molecule has 2 N–H and O–H groups in total. The lowest BCUT2D eigenvalue weighted by Crippen LogP contribution is -2.30. The molecule has 0 atom stereocenters. The highest BCUT2D eigenvalue weighted by Crippen LogP contribution is 2.24. The first-order valence-electron chi connectivity index (χ1n) is 11.3. The average Bonchev–Trinajstić information content (AvgIpc) is 3.22. The molecule has 0 aliphatic carbocycles. The van der Waals surface area contributed by atoms with Crippen LogP contribution >= 0.6 is 11.8 Å². The molecule has 0 fully saturated rings. The number of anilines is 1. The van der Waals surface area contributed by atoms with Gasteiger partial charge in [-0.15, -0.1) is 0 Å². The Morgan fingerprint density at radius 2 is 1.97 bits per heavy atom. The fourth-order valence-electron chi connectivity index (χ4n) is 3.55. The Bertz CT molecular complexity index is 1360. The minimum absolute atomic E-state index is 0.143. The van der Waals surface area contributed by atoms with Crippen molar-refractivity contribution < 1.29 is 4.79 Å². The van der Waals surface area contributed by atoms with Gasteiger partial charge >= 0.3 is 0 Å². The molecule has 0 radical (unpaired) electrons. The van der Waals surface area contributed by atoms with Crippen LogP contribution in [0.3, 0.4) is 0 Å². The first-order chi connectivity index (χ1) is 16.5. The number of aromatic nitrogens is 6. The normalized spacial score (nSPS) is 11.4. The maximum absolute atomic E-state index is 12.6. The number of rotatable bonds is 10. The van der Waals surface area contributed by atoms with E-state index in [9.17, 15) is 9.59 Å². The van der Waals surface area contributed by atoms with E-state index in [0.717, 1.165) is 22.6 Å². The van der Waals surface area contributed by atoms with Gasteiger partial charge in [-0.25, -0.2) is 19.6 Å². The molecule has 0 aliphatic rings. The number of hydrogen-bond donors (Lipinski definition) is 2. The zero-order chi connectivity index (χ0) is 24.1. The number of para-hydroxylation sites is 1. The van der Waals surface area contributed by atoms with E-state index >= 15 is 0 Å². The second kappa shape index (κ2) is 10.6. The van der Waals surface area contributed by atoms with Crippen molar-refractivity contribution in [3.63, 3.8) is 0 Å². The number of nitrogens with zero attached hydrogens (tertiary/aromatic N) is 6. The Balaban J connectivity index is 1.38. The monoisotopic (exact) mass is 480 g/mol. The number of hydrogen-bond acceptors (Lipinski definition) is 8. The van der Waals surface area contributed by atoms with Gasteiger partial charge < -0.3 is 10.6 Å². The summed E-state index contributed by atoms with van der Waals surface area (Å²) in [6.45, 7) is 7.31. The van der Waals surface area contributed by atoms with Crippen LogP contribution in [0, 0.1) is 0 Å². The van der Waals surface area contributed by atoms with E-state index in [-0.39, 0.29) is 30.5 Å². The van der Waals surface area contributed by atoms with Crippen molar-refractivity contribution in [1.29, 1.82) is 0 Å². The maximum Gasteiger partial charge on any atom is 0.261 e. The molecule has 4 aromatic rings. The van der Waals surface area contributed by atoms with Gasteiger partial charge in [-0.1, -0.05) is 30.8 Å². The van der Waals surface area contributed by atoms with Gasteiger partial charge in [0.25, 0.3) is 5.56 Å². The molecule has 1 amide bonds. The van der Waals surface area contributed by atoms with Crippen LogP contribution in [0.2, 0.25) is 0 Å². The van der Waals surface area contributed by atoms with Crippen molar-refractivity contribution >= 4 is 45.4 Å². The van der Waals surface area contributed by atoms with Crippen molar-refractivity contribution in [2.24, 2.45) is 0 Å². The summed E-state index contributed by atoms with van der Waals surface area (Å²) in [5, 5.41) is 12.8. The van der Waals surface area contributed by atoms with Crippen molar-refractivity contribution in [1.82, 2.24) is 34.6 Å². The molecule has 0 aliphatic heterocycles. The van der Waals surface area contributed by atoms with Crippen molar-refractivity contribution in [2.45, 2.75) is 51.5 Å². The van der Waals surface area contributed by atoms with Crippen LogP contribution in [0.5, 0.6) is 0 Å². The second-order valence-corrected chi connectivity index (χ2v) is 9.28. The number of amides is 1. The van der Waals surface area contributed by atoms with E-state index < -0.39 is 0 Å². The zero-order valence-corrected chi connectivity index (χ0v) is 20.3. The topological polar surface area (TPSA) is 120 Å².